The van der Waals surface area contributed by atoms with Crippen LogP contribution in [0.15, 0.2) is 61.3 Å². The SMILES string of the molecule is NC(=O)Nc1ccc(CNC(=O)c2ccc(-n3ccnc3)nc2)cc1. The molecule has 0 saturated heterocycles. The Morgan fingerprint density at radius 3 is 2.52 bits per heavy atom. The van der Waals surface area contributed by atoms with Crippen molar-refractivity contribution >= 4 is 17.6 Å². The number of rotatable bonds is 5. The number of primary amides is 1. The molecule has 0 atom stereocenters. The number of amides is 3. The second-order valence-electron chi connectivity index (χ2n) is 5.24. The monoisotopic (exact) mass is 336 g/mol. The molecule has 3 rings (SSSR count). The van der Waals surface area contributed by atoms with E-state index in [1.807, 2.05) is 0 Å². The molecule has 8 nitrogen and oxygen atoms in total. The summed E-state index contributed by atoms with van der Waals surface area (Å²) in [6.07, 6.45) is 6.59. The largest absolute Gasteiger partial charge is 0.351 e. The van der Waals surface area contributed by atoms with Crippen molar-refractivity contribution in [2.45, 2.75) is 6.54 Å². The number of carbonyl (C=O) groups is 2. The molecule has 4 N–H and O–H groups in total. The maximum atomic E-state index is 12.2. The fourth-order valence-electron chi connectivity index (χ4n) is 2.20. The summed E-state index contributed by atoms with van der Waals surface area (Å²) in [6.45, 7) is 0.360. The van der Waals surface area contributed by atoms with Gasteiger partial charge in [0.2, 0.25) is 0 Å². The Hall–Kier alpha value is -3.68. The number of benzene rings is 1. The molecule has 0 spiro atoms. The molecule has 2 heterocycles. The minimum absolute atomic E-state index is 0.219. The Morgan fingerprint density at radius 1 is 1.12 bits per heavy atom. The van der Waals surface area contributed by atoms with Crippen molar-refractivity contribution in [1.82, 2.24) is 19.9 Å². The lowest BCUT2D eigenvalue weighted by Gasteiger charge is -2.07. The molecular weight excluding hydrogens is 320 g/mol. The normalized spacial score (nSPS) is 10.2. The van der Waals surface area contributed by atoms with Gasteiger partial charge in [-0.05, 0) is 29.8 Å². The summed E-state index contributed by atoms with van der Waals surface area (Å²) < 4.78 is 1.75. The second kappa shape index (κ2) is 7.26. The zero-order valence-corrected chi connectivity index (χ0v) is 13.2. The first-order valence-electron chi connectivity index (χ1n) is 7.50. The molecule has 0 aliphatic carbocycles. The number of anilines is 1. The van der Waals surface area contributed by atoms with E-state index in [1.54, 1.807) is 59.7 Å². The summed E-state index contributed by atoms with van der Waals surface area (Å²) in [5.74, 6) is 0.468. The molecule has 126 valence electrons. The van der Waals surface area contributed by atoms with Crippen molar-refractivity contribution in [3.63, 3.8) is 0 Å². The molecule has 3 amide bonds. The van der Waals surface area contributed by atoms with Gasteiger partial charge < -0.3 is 16.4 Å². The predicted octanol–water partition coefficient (Wildman–Crippen LogP) is 1.69. The molecule has 0 saturated carbocycles. The zero-order valence-electron chi connectivity index (χ0n) is 13.2. The third kappa shape index (κ3) is 4.20. The van der Waals surface area contributed by atoms with E-state index in [4.69, 9.17) is 5.73 Å². The Balaban J connectivity index is 1.58. The lowest BCUT2D eigenvalue weighted by Crippen LogP contribution is -2.23. The van der Waals surface area contributed by atoms with Crippen LogP contribution in [0.5, 0.6) is 0 Å². The molecule has 8 heteroatoms. The van der Waals surface area contributed by atoms with Gasteiger partial charge in [0.05, 0.1) is 5.56 Å². The standard InChI is InChI=1S/C17H16N6O2/c18-17(25)22-14-4-1-12(2-5-14)9-21-16(24)13-3-6-15(20-10-13)23-8-7-19-11-23/h1-8,10-11H,9H2,(H,21,24)(H3,18,22,25). The van der Waals surface area contributed by atoms with Gasteiger partial charge in [-0.3, -0.25) is 9.36 Å². The van der Waals surface area contributed by atoms with Crippen molar-refractivity contribution in [3.05, 3.63) is 72.4 Å². The molecule has 0 aliphatic heterocycles. The molecular formula is C17H16N6O2. The van der Waals surface area contributed by atoms with E-state index < -0.39 is 6.03 Å². The van der Waals surface area contributed by atoms with Gasteiger partial charge in [-0.25, -0.2) is 14.8 Å². The molecule has 0 aliphatic rings. The maximum absolute atomic E-state index is 12.2. The first kappa shape index (κ1) is 16.2. The van der Waals surface area contributed by atoms with Gasteiger partial charge in [-0.2, -0.15) is 0 Å². The van der Waals surface area contributed by atoms with Crippen LogP contribution >= 0.6 is 0 Å². The zero-order chi connectivity index (χ0) is 17.6. The first-order chi connectivity index (χ1) is 12.1. The Bertz CT molecular complexity index is 857. The minimum Gasteiger partial charge on any atom is -0.351 e. The van der Waals surface area contributed by atoms with Gasteiger partial charge in [-0.1, -0.05) is 12.1 Å². The van der Waals surface area contributed by atoms with Gasteiger partial charge in [0.25, 0.3) is 5.91 Å². The smallest absolute Gasteiger partial charge is 0.316 e. The third-order valence-corrected chi connectivity index (χ3v) is 3.45. The van der Waals surface area contributed by atoms with Gasteiger partial charge in [-0.15, -0.1) is 0 Å². The number of nitrogens with one attached hydrogen (secondary N) is 2. The third-order valence-electron chi connectivity index (χ3n) is 3.45. The highest BCUT2D eigenvalue weighted by Crippen LogP contribution is 2.10. The van der Waals surface area contributed by atoms with Crippen LogP contribution in [0.25, 0.3) is 5.82 Å². The van der Waals surface area contributed by atoms with Crippen molar-refractivity contribution in [2.24, 2.45) is 5.73 Å². The number of nitrogens with two attached hydrogens (primary N) is 1. The summed E-state index contributed by atoms with van der Waals surface area (Å²) in [7, 11) is 0. The number of carbonyl (C=O) groups excluding carboxylic acids is 2. The van der Waals surface area contributed by atoms with Crippen LogP contribution in [0.2, 0.25) is 0 Å². The van der Waals surface area contributed by atoms with E-state index in [0.717, 1.165) is 5.56 Å². The highest BCUT2D eigenvalue weighted by molar-refractivity contribution is 5.93. The van der Waals surface area contributed by atoms with Gasteiger partial charge in [0.15, 0.2) is 0 Å². The molecule has 1 aromatic carbocycles. The van der Waals surface area contributed by atoms with E-state index in [0.29, 0.717) is 23.6 Å². The fourth-order valence-corrected chi connectivity index (χ4v) is 2.20. The van der Waals surface area contributed by atoms with E-state index in [2.05, 4.69) is 20.6 Å². The molecule has 0 bridgehead atoms. The number of imidazole rings is 1. The van der Waals surface area contributed by atoms with E-state index in [1.165, 1.54) is 6.20 Å². The van der Waals surface area contributed by atoms with Crippen molar-refractivity contribution in [3.8, 4) is 5.82 Å². The lowest BCUT2D eigenvalue weighted by atomic mass is 10.2. The average Bonchev–Trinajstić information content (AvgIpc) is 3.15. The van der Waals surface area contributed by atoms with E-state index >= 15 is 0 Å². The summed E-state index contributed by atoms with van der Waals surface area (Å²) in [4.78, 5) is 31.2. The van der Waals surface area contributed by atoms with Crippen molar-refractivity contribution in [1.29, 1.82) is 0 Å². The molecule has 0 fully saturated rings. The van der Waals surface area contributed by atoms with E-state index in [-0.39, 0.29) is 5.91 Å². The minimum atomic E-state index is -0.618. The van der Waals surface area contributed by atoms with Crippen LogP contribution in [-0.2, 0) is 6.54 Å². The molecule has 2 aromatic heterocycles. The second-order valence-corrected chi connectivity index (χ2v) is 5.24. The van der Waals surface area contributed by atoms with Crippen LogP contribution in [0.4, 0.5) is 10.5 Å². The molecule has 0 radical (unpaired) electrons. The van der Waals surface area contributed by atoms with Gasteiger partial charge in [0.1, 0.15) is 12.1 Å². The number of pyridine rings is 1. The summed E-state index contributed by atoms with van der Waals surface area (Å²) in [5.41, 5.74) is 7.01. The van der Waals surface area contributed by atoms with Crippen LogP contribution in [0.1, 0.15) is 15.9 Å². The molecule has 3 aromatic rings. The number of hydrogen-bond acceptors (Lipinski definition) is 4. The highest BCUT2D eigenvalue weighted by atomic mass is 16.2. The summed E-state index contributed by atoms with van der Waals surface area (Å²) >= 11 is 0. The first-order valence-corrected chi connectivity index (χ1v) is 7.50. The van der Waals surface area contributed by atoms with Gasteiger partial charge >= 0.3 is 6.03 Å². The van der Waals surface area contributed by atoms with Crippen LogP contribution in [0, 0.1) is 0 Å². The Labute approximate surface area is 143 Å². The van der Waals surface area contributed by atoms with Crippen molar-refractivity contribution in [2.75, 3.05) is 5.32 Å². The topological polar surface area (TPSA) is 115 Å². The van der Waals surface area contributed by atoms with Crippen LogP contribution in [-0.4, -0.2) is 26.5 Å². The Morgan fingerprint density at radius 2 is 1.92 bits per heavy atom. The number of nitrogens with zero attached hydrogens (tertiary/aromatic N) is 3. The highest BCUT2D eigenvalue weighted by Gasteiger charge is 2.07. The fraction of sp³-hybridized carbons (Fsp3) is 0.0588. The van der Waals surface area contributed by atoms with Crippen molar-refractivity contribution < 1.29 is 9.59 Å². The lowest BCUT2D eigenvalue weighted by molar-refractivity contribution is 0.0950. The van der Waals surface area contributed by atoms with Gasteiger partial charge in [0, 0.05) is 30.8 Å². The summed E-state index contributed by atoms with van der Waals surface area (Å²) in [5, 5.41) is 5.30. The average molecular weight is 336 g/mol. The quantitative estimate of drug-likeness (QED) is 0.657. The van der Waals surface area contributed by atoms with Crippen LogP contribution in [0.3, 0.4) is 0 Å². The number of aromatic nitrogens is 3. The molecule has 25 heavy (non-hydrogen) atoms. The van der Waals surface area contributed by atoms with E-state index in [9.17, 15) is 9.59 Å². The number of hydrogen-bond donors (Lipinski definition) is 3. The predicted molar refractivity (Wildman–Crippen MR) is 92.2 cm³/mol. The maximum Gasteiger partial charge on any atom is 0.316 e. The molecule has 0 unspecified atom stereocenters. The number of urea groups is 1. The summed E-state index contributed by atoms with van der Waals surface area (Å²) in [6, 6.07) is 9.87. The van der Waals surface area contributed by atoms with Crippen LogP contribution < -0.4 is 16.4 Å². The Kier molecular flexibility index (Phi) is 4.70.